The Labute approximate surface area is 193 Å². The lowest BCUT2D eigenvalue weighted by Gasteiger charge is -2.42. The highest BCUT2D eigenvalue weighted by Crippen LogP contribution is 2.43. The Morgan fingerprint density at radius 1 is 0.806 bits per heavy atom. The minimum atomic E-state index is -1.78. The van der Waals surface area contributed by atoms with E-state index in [9.17, 15) is 0 Å². The third kappa shape index (κ3) is 5.85. The molecule has 176 valence electrons. The zero-order chi connectivity index (χ0) is 23.4. The smallest absolute Gasteiger partial charge is 0.416 e. The van der Waals surface area contributed by atoms with E-state index in [4.69, 9.17) is 13.7 Å². The summed E-state index contributed by atoms with van der Waals surface area (Å²) in [6.07, 6.45) is 3.25. The minimum Gasteiger partial charge on any atom is -0.416 e. The fourth-order valence-corrected chi connectivity index (χ4v) is 10.9. The second-order valence-electron chi connectivity index (χ2n) is 11.3. The molecule has 0 saturated carbocycles. The van der Waals surface area contributed by atoms with Gasteiger partial charge in [-0.1, -0.05) is 78.3 Å². The molecule has 0 N–H and O–H groups in total. The summed E-state index contributed by atoms with van der Waals surface area (Å²) in [5, 5.41) is 0. The van der Waals surface area contributed by atoms with Crippen LogP contribution in [0.15, 0.2) is 30.3 Å². The van der Waals surface area contributed by atoms with E-state index in [2.05, 4.69) is 99.6 Å². The van der Waals surface area contributed by atoms with E-state index in [0.717, 1.165) is 25.9 Å². The first-order valence-corrected chi connectivity index (χ1v) is 14.5. The lowest BCUT2D eigenvalue weighted by Crippen LogP contribution is -2.47. The van der Waals surface area contributed by atoms with Crippen LogP contribution >= 0.6 is 0 Å². The van der Waals surface area contributed by atoms with E-state index in [1.54, 1.807) is 0 Å². The Bertz CT molecular complexity index is 635. The Hall–Kier alpha value is -0.618. The van der Waals surface area contributed by atoms with Crippen LogP contribution in [0.4, 0.5) is 0 Å². The summed E-state index contributed by atoms with van der Waals surface area (Å²) in [7, 11) is -1.99. The Kier molecular flexibility index (Phi) is 9.06. The largest absolute Gasteiger partial charge is 0.465 e. The van der Waals surface area contributed by atoms with Crippen molar-refractivity contribution in [3.8, 4) is 0 Å². The highest BCUT2D eigenvalue weighted by atomic mass is 28.4. The van der Waals surface area contributed by atoms with Gasteiger partial charge in [-0.3, -0.25) is 0 Å². The van der Waals surface area contributed by atoms with Gasteiger partial charge in [0.1, 0.15) is 0 Å². The minimum absolute atomic E-state index is 0.205. The molecule has 0 aliphatic carbocycles. The highest BCUT2D eigenvalue weighted by molar-refractivity contribution is 6.77. The SMILES string of the molecule is CC(C)[Si](OCCCC[C@H](B1OC(C)(C)C(C)(C)O1)c1ccccc1)(C(C)C)C(C)C. The number of rotatable bonds is 11. The molecule has 0 bridgehead atoms. The van der Waals surface area contributed by atoms with Gasteiger partial charge in [0, 0.05) is 12.4 Å². The third-order valence-electron chi connectivity index (χ3n) is 7.80. The molecule has 0 radical (unpaired) electrons. The predicted molar refractivity (Wildman–Crippen MR) is 136 cm³/mol. The first-order chi connectivity index (χ1) is 14.3. The van der Waals surface area contributed by atoms with Gasteiger partial charge in [-0.2, -0.15) is 0 Å². The monoisotopic (exact) mass is 446 g/mol. The molecule has 1 saturated heterocycles. The van der Waals surface area contributed by atoms with E-state index >= 15 is 0 Å². The first kappa shape index (κ1) is 26.6. The maximum absolute atomic E-state index is 6.77. The molecule has 3 nitrogen and oxygen atoms in total. The lowest BCUT2D eigenvalue weighted by molar-refractivity contribution is 0.00578. The van der Waals surface area contributed by atoms with Gasteiger partial charge in [0.2, 0.25) is 0 Å². The molecule has 1 aromatic rings. The standard InChI is InChI=1S/C26H47BO3Si/c1-20(2)31(21(3)4,22(5)6)28-19-15-14-18-24(23-16-12-11-13-17-23)27-29-25(7,8)26(9,10)30-27/h11-13,16-17,20-22,24H,14-15,18-19H2,1-10H3/t24-/m0/s1. The van der Waals surface area contributed by atoms with Gasteiger partial charge in [0.05, 0.1) is 11.2 Å². The second-order valence-corrected chi connectivity index (χ2v) is 16.8. The molecule has 31 heavy (non-hydrogen) atoms. The van der Waals surface area contributed by atoms with Gasteiger partial charge in [0.15, 0.2) is 8.32 Å². The molecular weight excluding hydrogens is 399 g/mol. The van der Waals surface area contributed by atoms with Crippen molar-refractivity contribution in [3.63, 3.8) is 0 Å². The molecule has 0 aromatic heterocycles. The van der Waals surface area contributed by atoms with Crippen molar-refractivity contribution in [1.29, 1.82) is 0 Å². The molecule has 5 heteroatoms. The molecule has 1 aliphatic heterocycles. The van der Waals surface area contributed by atoms with Gasteiger partial charge in [-0.25, -0.2) is 0 Å². The molecular formula is C26H47BO3Si. The molecule has 1 heterocycles. The summed E-state index contributed by atoms with van der Waals surface area (Å²) in [4.78, 5) is 0. The molecule has 1 aromatic carbocycles. The normalized spacial score (nSPS) is 19.6. The van der Waals surface area contributed by atoms with Crippen LogP contribution in [0.5, 0.6) is 0 Å². The van der Waals surface area contributed by atoms with Crippen molar-refractivity contribution in [2.24, 2.45) is 0 Å². The fourth-order valence-electron chi connectivity index (χ4n) is 5.43. The molecule has 2 rings (SSSR count). The summed E-state index contributed by atoms with van der Waals surface area (Å²) in [5.74, 6) is 0.240. The lowest BCUT2D eigenvalue weighted by atomic mass is 9.65. The van der Waals surface area contributed by atoms with Crippen LogP contribution < -0.4 is 0 Å². The molecule has 0 spiro atoms. The molecule has 0 unspecified atom stereocenters. The topological polar surface area (TPSA) is 27.7 Å². The van der Waals surface area contributed by atoms with Crippen molar-refractivity contribution < 1.29 is 13.7 Å². The summed E-state index contributed by atoms with van der Waals surface area (Å²) < 4.78 is 19.6. The van der Waals surface area contributed by atoms with E-state index in [1.807, 2.05) is 0 Å². The Balaban J connectivity index is 2.02. The number of hydrogen-bond donors (Lipinski definition) is 0. The van der Waals surface area contributed by atoms with Crippen molar-refractivity contribution in [2.75, 3.05) is 6.61 Å². The number of hydrogen-bond acceptors (Lipinski definition) is 3. The Morgan fingerprint density at radius 2 is 1.29 bits per heavy atom. The number of benzene rings is 1. The van der Waals surface area contributed by atoms with E-state index in [0.29, 0.717) is 16.6 Å². The van der Waals surface area contributed by atoms with Crippen LogP contribution in [0.1, 0.15) is 99.9 Å². The van der Waals surface area contributed by atoms with Gasteiger partial charge in [0.25, 0.3) is 0 Å². The Morgan fingerprint density at radius 3 is 1.74 bits per heavy atom. The quantitative estimate of drug-likeness (QED) is 0.257. The average molecular weight is 447 g/mol. The molecule has 1 aliphatic rings. The van der Waals surface area contributed by atoms with Gasteiger partial charge in [-0.05, 0) is 62.7 Å². The summed E-state index contributed by atoms with van der Waals surface area (Å²) in [5.41, 5.74) is 2.60. The van der Waals surface area contributed by atoms with Crippen LogP contribution in [0.2, 0.25) is 16.6 Å². The maximum Gasteiger partial charge on any atom is 0.465 e. The molecule has 1 atom stereocenters. The van der Waals surface area contributed by atoms with Gasteiger partial charge >= 0.3 is 7.12 Å². The zero-order valence-corrected chi connectivity index (χ0v) is 22.8. The van der Waals surface area contributed by atoms with E-state index in [1.165, 1.54) is 5.56 Å². The van der Waals surface area contributed by atoms with E-state index in [-0.39, 0.29) is 24.1 Å². The van der Waals surface area contributed by atoms with Crippen molar-refractivity contribution >= 4 is 15.4 Å². The fraction of sp³-hybridized carbons (Fsp3) is 0.769. The van der Waals surface area contributed by atoms with Crippen LogP contribution in [0.3, 0.4) is 0 Å². The maximum atomic E-state index is 6.77. The number of unbranched alkanes of at least 4 members (excludes halogenated alkanes) is 1. The van der Waals surface area contributed by atoms with Crippen LogP contribution in [-0.4, -0.2) is 33.2 Å². The van der Waals surface area contributed by atoms with Crippen LogP contribution in [-0.2, 0) is 13.7 Å². The summed E-state index contributed by atoms with van der Waals surface area (Å²) >= 11 is 0. The first-order valence-electron chi connectivity index (χ1n) is 12.4. The van der Waals surface area contributed by atoms with Crippen molar-refractivity contribution in [2.45, 2.75) is 122 Å². The average Bonchev–Trinajstić information content (AvgIpc) is 2.88. The summed E-state index contributed by atoms with van der Waals surface area (Å²) in [6, 6.07) is 10.7. The zero-order valence-electron chi connectivity index (χ0n) is 21.8. The van der Waals surface area contributed by atoms with Crippen molar-refractivity contribution in [1.82, 2.24) is 0 Å². The van der Waals surface area contributed by atoms with Crippen LogP contribution in [0.25, 0.3) is 0 Å². The van der Waals surface area contributed by atoms with Crippen molar-refractivity contribution in [3.05, 3.63) is 35.9 Å². The second kappa shape index (κ2) is 10.5. The van der Waals surface area contributed by atoms with Gasteiger partial charge in [-0.15, -0.1) is 0 Å². The van der Waals surface area contributed by atoms with Gasteiger partial charge < -0.3 is 13.7 Å². The van der Waals surface area contributed by atoms with Crippen LogP contribution in [0, 0.1) is 0 Å². The highest BCUT2D eigenvalue weighted by Gasteiger charge is 2.53. The summed E-state index contributed by atoms with van der Waals surface area (Å²) in [6.45, 7) is 23.6. The molecule has 1 fully saturated rings. The van der Waals surface area contributed by atoms with E-state index < -0.39 is 8.32 Å². The third-order valence-corrected chi connectivity index (χ3v) is 13.9. The predicted octanol–water partition coefficient (Wildman–Crippen LogP) is 7.76. The molecule has 0 amide bonds.